The van der Waals surface area contributed by atoms with E-state index in [1.807, 2.05) is 17.7 Å². The van der Waals surface area contributed by atoms with Gasteiger partial charge in [-0.1, -0.05) is 26.8 Å². The number of hydrogen-bond acceptors (Lipinski definition) is 3. The van der Waals surface area contributed by atoms with E-state index in [9.17, 15) is 0 Å². The third kappa shape index (κ3) is 2.69. The molecule has 0 aromatic carbocycles. The monoisotopic (exact) mass is 273 g/mol. The van der Waals surface area contributed by atoms with Crippen LogP contribution in [0.15, 0.2) is 18.7 Å². The van der Waals surface area contributed by atoms with Gasteiger partial charge in [0.1, 0.15) is 0 Å². The SMILES string of the molecule is C=CCn1nc(C)c2c(C(C)C)cc(OCCC)nc21. The summed E-state index contributed by atoms with van der Waals surface area (Å²) < 4.78 is 7.61. The van der Waals surface area contributed by atoms with Gasteiger partial charge >= 0.3 is 0 Å². The Morgan fingerprint density at radius 3 is 2.80 bits per heavy atom. The molecule has 108 valence electrons. The van der Waals surface area contributed by atoms with Crippen molar-refractivity contribution in [2.45, 2.75) is 46.6 Å². The van der Waals surface area contributed by atoms with Crippen LogP contribution < -0.4 is 4.74 Å². The summed E-state index contributed by atoms with van der Waals surface area (Å²) in [6, 6.07) is 2.05. The Labute approximate surface area is 120 Å². The van der Waals surface area contributed by atoms with Crippen molar-refractivity contribution in [3.63, 3.8) is 0 Å². The molecule has 2 heterocycles. The molecular weight excluding hydrogens is 250 g/mol. The van der Waals surface area contributed by atoms with Gasteiger partial charge in [0.15, 0.2) is 5.65 Å². The summed E-state index contributed by atoms with van der Waals surface area (Å²) in [5, 5.41) is 5.72. The summed E-state index contributed by atoms with van der Waals surface area (Å²) in [7, 11) is 0. The minimum absolute atomic E-state index is 0.407. The maximum absolute atomic E-state index is 5.72. The van der Waals surface area contributed by atoms with Crippen molar-refractivity contribution in [3.05, 3.63) is 30.0 Å². The van der Waals surface area contributed by atoms with Crippen molar-refractivity contribution in [3.8, 4) is 5.88 Å². The Morgan fingerprint density at radius 2 is 2.20 bits per heavy atom. The second kappa shape index (κ2) is 6.07. The molecule has 0 N–H and O–H groups in total. The fraction of sp³-hybridized carbons (Fsp3) is 0.500. The maximum atomic E-state index is 5.72. The zero-order valence-corrected chi connectivity index (χ0v) is 12.8. The third-order valence-corrected chi connectivity index (χ3v) is 3.26. The van der Waals surface area contributed by atoms with Crippen LogP contribution in [0.5, 0.6) is 5.88 Å². The Morgan fingerprint density at radius 1 is 1.45 bits per heavy atom. The van der Waals surface area contributed by atoms with E-state index in [2.05, 4.69) is 43.5 Å². The molecule has 0 spiro atoms. The Bertz CT molecular complexity index is 614. The zero-order valence-electron chi connectivity index (χ0n) is 12.8. The Hall–Kier alpha value is -1.84. The van der Waals surface area contributed by atoms with Crippen LogP contribution in [-0.2, 0) is 6.54 Å². The molecule has 0 saturated carbocycles. The molecule has 2 aromatic rings. The van der Waals surface area contributed by atoms with Gasteiger partial charge in [-0.2, -0.15) is 10.1 Å². The second-order valence-corrected chi connectivity index (χ2v) is 5.31. The van der Waals surface area contributed by atoms with Gasteiger partial charge < -0.3 is 4.74 Å². The van der Waals surface area contributed by atoms with Crippen molar-refractivity contribution in [1.29, 1.82) is 0 Å². The number of allylic oxidation sites excluding steroid dienone is 1. The first-order chi connectivity index (χ1) is 9.58. The quantitative estimate of drug-likeness (QED) is 0.751. The highest BCUT2D eigenvalue weighted by Crippen LogP contribution is 2.30. The number of nitrogens with zero attached hydrogens (tertiary/aromatic N) is 3. The van der Waals surface area contributed by atoms with E-state index in [1.54, 1.807) is 0 Å². The van der Waals surface area contributed by atoms with Crippen LogP contribution in [0.2, 0.25) is 0 Å². The lowest BCUT2D eigenvalue weighted by atomic mass is 10.00. The minimum atomic E-state index is 0.407. The fourth-order valence-corrected chi connectivity index (χ4v) is 2.35. The summed E-state index contributed by atoms with van der Waals surface area (Å²) in [6.45, 7) is 13.6. The van der Waals surface area contributed by atoms with E-state index in [0.29, 0.717) is 24.9 Å². The smallest absolute Gasteiger partial charge is 0.215 e. The van der Waals surface area contributed by atoms with Gasteiger partial charge in [0.05, 0.1) is 18.8 Å². The van der Waals surface area contributed by atoms with Gasteiger partial charge in [-0.05, 0) is 24.8 Å². The summed E-state index contributed by atoms with van der Waals surface area (Å²) in [5.41, 5.74) is 3.15. The van der Waals surface area contributed by atoms with Gasteiger partial charge in [0.2, 0.25) is 5.88 Å². The van der Waals surface area contributed by atoms with Gasteiger partial charge in [-0.15, -0.1) is 6.58 Å². The van der Waals surface area contributed by atoms with Crippen molar-refractivity contribution in [2.24, 2.45) is 0 Å². The summed E-state index contributed by atoms with van der Waals surface area (Å²) in [5.74, 6) is 1.10. The highest BCUT2D eigenvalue weighted by Gasteiger charge is 2.16. The molecule has 0 aliphatic heterocycles. The first kappa shape index (κ1) is 14.6. The molecule has 4 heteroatoms. The van der Waals surface area contributed by atoms with Crippen molar-refractivity contribution < 1.29 is 4.74 Å². The number of pyridine rings is 1. The molecule has 2 rings (SSSR count). The van der Waals surface area contributed by atoms with Crippen LogP contribution in [0, 0.1) is 6.92 Å². The van der Waals surface area contributed by atoms with E-state index in [-0.39, 0.29) is 0 Å². The van der Waals surface area contributed by atoms with E-state index >= 15 is 0 Å². The predicted molar refractivity (Wildman–Crippen MR) is 82.3 cm³/mol. The van der Waals surface area contributed by atoms with Gasteiger partial charge in [-0.3, -0.25) is 0 Å². The van der Waals surface area contributed by atoms with Crippen LogP contribution in [0.3, 0.4) is 0 Å². The van der Waals surface area contributed by atoms with Crippen LogP contribution in [0.1, 0.15) is 44.4 Å². The summed E-state index contributed by atoms with van der Waals surface area (Å²) in [4.78, 5) is 4.63. The molecule has 0 radical (unpaired) electrons. The van der Waals surface area contributed by atoms with Crippen LogP contribution >= 0.6 is 0 Å². The third-order valence-electron chi connectivity index (χ3n) is 3.26. The van der Waals surface area contributed by atoms with Gasteiger partial charge in [-0.25, -0.2) is 4.68 Å². The van der Waals surface area contributed by atoms with Crippen molar-refractivity contribution in [2.75, 3.05) is 6.61 Å². The molecule has 0 atom stereocenters. The Balaban J connectivity index is 2.63. The average Bonchev–Trinajstić information content (AvgIpc) is 2.73. The highest BCUT2D eigenvalue weighted by atomic mass is 16.5. The number of rotatable bonds is 6. The number of aromatic nitrogens is 3. The normalized spacial score (nSPS) is 11.2. The molecule has 0 unspecified atom stereocenters. The number of fused-ring (bicyclic) bond motifs is 1. The average molecular weight is 273 g/mol. The van der Waals surface area contributed by atoms with E-state index in [1.165, 1.54) is 5.56 Å². The predicted octanol–water partition coefficient (Wildman–Crippen LogP) is 3.84. The number of ether oxygens (including phenoxy) is 1. The molecule has 0 aliphatic carbocycles. The Kier molecular flexibility index (Phi) is 4.42. The van der Waals surface area contributed by atoms with Crippen LogP contribution in [0.4, 0.5) is 0 Å². The fourth-order valence-electron chi connectivity index (χ4n) is 2.35. The molecule has 0 bridgehead atoms. The first-order valence-electron chi connectivity index (χ1n) is 7.20. The topological polar surface area (TPSA) is 39.9 Å². The minimum Gasteiger partial charge on any atom is -0.478 e. The van der Waals surface area contributed by atoms with E-state index in [0.717, 1.165) is 23.1 Å². The van der Waals surface area contributed by atoms with E-state index in [4.69, 9.17) is 4.74 Å². The molecular formula is C16H23N3O. The van der Waals surface area contributed by atoms with Crippen LogP contribution in [0.25, 0.3) is 11.0 Å². The lowest BCUT2D eigenvalue weighted by Crippen LogP contribution is -2.03. The molecule has 2 aromatic heterocycles. The molecule has 0 amide bonds. The lowest BCUT2D eigenvalue weighted by molar-refractivity contribution is 0.305. The van der Waals surface area contributed by atoms with Gasteiger partial charge in [0.25, 0.3) is 0 Å². The molecule has 0 fully saturated rings. The second-order valence-electron chi connectivity index (χ2n) is 5.31. The van der Waals surface area contributed by atoms with E-state index < -0.39 is 0 Å². The number of hydrogen-bond donors (Lipinski definition) is 0. The highest BCUT2D eigenvalue weighted by molar-refractivity contribution is 5.83. The summed E-state index contributed by atoms with van der Waals surface area (Å²) in [6.07, 6.45) is 2.81. The molecule has 20 heavy (non-hydrogen) atoms. The van der Waals surface area contributed by atoms with Crippen LogP contribution in [-0.4, -0.2) is 21.4 Å². The van der Waals surface area contributed by atoms with Gasteiger partial charge in [0, 0.05) is 11.5 Å². The maximum Gasteiger partial charge on any atom is 0.215 e. The largest absolute Gasteiger partial charge is 0.478 e. The summed E-state index contributed by atoms with van der Waals surface area (Å²) >= 11 is 0. The molecule has 4 nitrogen and oxygen atoms in total. The van der Waals surface area contributed by atoms with Crippen molar-refractivity contribution >= 4 is 11.0 Å². The standard InChI is InChI=1S/C16H23N3O/c1-6-8-19-16-15(12(5)18-19)13(11(3)4)10-14(17-16)20-9-7-2/h6,10-11H,1,7-9H2,2-5H3. The lowest BCUT2D eigenvalue weighted by Gasteiger charge is -2.11. The zero-order chi connectivity index (χ0) is 14.7. The van der Waals surface area contributed by atoms with Crippen molar-refractivity contribution in [1.82, 2.24) is 14.8 Å². The first-order valence-corrected chi connectivity index (χ1v) is 7.20. The molecule has 0 aliphatic rings. The molecule has 0 saturated heterocycles. The number of aryl methyl sites for hydroxylation is 1.